The summed E-state index contributed by atoms with van der Waals surface area (Å²) in [5, 5.41) is 9.73. The minimum Gasteiger partial charge on any atom is -0.442 e. The van der Waals surface area contributed by atoms with Crippen molar-refractivity contribution < 1.29 is 14.3 Å². The highest BCUT2D eigenvalue weighted by atomic mass is 35.5. The molecule has 0 aromatic carbocycles. The Balaban J connectivity index is 1.47. The monoisotopic (exact) mass is 421 g/mol. The van der Waals surface area contributed by atoms with Crippen LogP contribution in [0.2, 0.25) is 4.34 Å². The molecule has 2 amide bonds. The molecule has 148 valence electrons. The molecule has 3 atom stereocenters. The van der Waals surface area contributed by atoms with Crippen LogP contribution in [0, 0.1) is 11.3 Å². The molecule has 28 heavy (non-hydrogen) atoms. The molecule has 4 rings (SSSR count). The predicted molar refractivity (Wildman–Crippen MR) is 104 cm³/mol. The minimum atomic E-state index is -0.313. The zero-order valence-corrected chi connectivity index (χ0v) is 17.2. The number of fused-ring (bicyclic) bond motifs is 1. The van der Waals surface area contributed by atoms with E-state index in [4.69, 9.17) is 21.6 Å². The molecule has 3 fully saturated rings. The Morgan fingerprint density at radius 3 is 2.89 bits per heavy atom. The first-order chi connectivity index (χ1) is 13.4. The summed E-state index contributed by atoms with van der Waals surface area (Å²) in [6.45, 7) is 5.90. The molecule has 10 heteroatoms. The number of anilines is 1. The molecule has 3 saturated heterocycles. The van der Waals surface area contributed by atoms with Crippen LogP contribution in [0.15, 0.2) is 11.6 Å². The van der Waals surface area contributed by atoms with Crippen LogP contribution in [-0.2, 0) is 9.53 Å². The van der Waals surface area contributed by atoms with E-state index in [0.717, 1.165) is 6.42 Å². The number of hydrogen-bond donors (Lipinski definition) is 0. The van der Waals surface area contributed by atoms with Crippen molar-refractivity contribution in [2.75, 3.05) is 31.1 Å². The molecule has 0 spiro atoms. The lowest BCUT2D eigenvalue weighted by molar-refractivity contribution is -0.126. The van der Waals surface area contributed by atoms with Crippen LogP contribution >= 0.6 is 22.9 Å². The lowest BCUT2D eigenvalue weighted by Gasteiger charge is -2.28. The average molecular weight is 422 g/mol. The molecule has 0 bridgehead atoms. The number of ether oxygens (including phenoxy) is 1. The summed E-state index contributed by atoms with van der Waals surface area (Å²) >= 11 is 7.31. The third-order valence-electron chi connectivity index (χ3n) is 5.62. The Morgan fingerprint density at radius 2 is 2.21 bits per heavy atom. The van der Waals surface area contributed by atoms with Gasteiger partial charge >= 0.3 is 6.09 Å². The Bertz CT molecular complexity index is 894. The maximum atomic E-state index is 12.5. The van der Waals surface area contributed by atoms with Gasteiger partial charge in [-0.1, -0.05) is 29.0 Å². The number of thiazole rings is 1. The molecule has 4 heterocycles. The second kappa shape index (κ2) is 7.26. The smallest absolute Gasteiger partial charge is 0.410 e. The highest BCUT2D eigenvalue weighted by Crippen LogP contribution is 2.37. The lowest BCUT2D eigenvalue weighted by Crippen LogP contribution is -2.46. The normalized spacial score (nSPS) is 27.2. The van der Waals surface area contributed by atoms with Gasteiger partial charge in [-0.2, -0.15) is 5.26 Å². The van der Waals surface area contributed by atoms with Gasteiger partial charge in [0.05, 0.1) is 18.6 Å². The number of allylic oxidation sites excluding steroid dienone is 1. The number of nitrogens with zero attached hydrogens (tertiary/aromatic N) is 5. The fourth-order valence-corrected chi connectivity index (χ4v) is 5.12. The SMILES string of the molecule is C/C=C(\C)C(=O)N1CCC(N2C(=O)O[C@H]3CN(c4nc(C#N)c(Cl)s4)C[C@H]32)C1. The molecule has 8 nitrogen and oxygen atoms in total. The van der Waals surface area contributed by atoms with E-state index in [2.05, 4.69) is 4.98 Å². The Hall–Kier alpha value is -2.31. The number of hydrogen-bond acceptors (Lipinski definition) is 7. The molecule has 0 N–H and O–H groups in total. The van der Waals surface area contributed by atoms with Gasteiger partial charge in [0.2, 0.25) is 5.91 Å². The second-order valence-corrected chi connectivity index (χ2v) is 8.78. The number of likely N-dealkylation sites (tertiary alicyclic amines) is 1. The van der Waals surface area contributed by atoms with Gasteiger partial charge in [0.1, 0.15) is 16.5 Å². The molecular formula is C18H20ClN5O3S. The van der Waals surface area contributed by atoms with Gasteiger partial charge in [0.15, 0.2) is 10.8 Å². The van der Waals surface area contributed by atoms with E-state index in [9.17, 15) is 9.59 Å². The number of amides is 2. The van der Waals surface area contributed by atoms with E-state index in [1.54, 1.807) is 22.8 Å². The summed E-state index contributed by atoms with van der Waals surface area (Å²) in [5.74, 6) is 0.0172. The van der Waals surface area contributed by atoms with Crippen molar-refractivity contribution in [2.24, 2.45) is 0 Å². The second-order valence-electron chi connectivity index (χ2n) is 7.20. The van der Waals surface area contributed by atoms with Gasteiger partial charge in [-0.05, 0) is 20.3 Å². The Kier molecular flexibility index (Phi) is 4.93. The number of carbonyl (C=O) groups is 2. The number of aromatic nitrogens is 1. The molecule has 3 aliphatic heterocycles. The van der Waals surface area contributed by atoms with Gasteiger partial charge in [0.25, 0.3) is 0 Å². The topological polar surface area (TPSA) is 89.8 Å². The lowest BCUT2D eigenvalue weighted by atomic mass is 10.1. The zero-order valence-electron chi connectivity index (χ0n) is 15.6. The predicted octanol–water partition coefficient (Wildman–Crippen LogP) is 2.24. The van der Waals surface area contributed by atoms with Crippen LogP contribution in [0.1, 0.15) is 26.0 Å². The van der Waals surface area contributed by atoms with Crippen LogP contribution in [0.4, 0.5) is 9.93 Å². The van der Waals surface area contributed by atoms with Crippen molar-refractivity contribution in [2.45, 2.75) is 38.5 Å². The largest absolute Gasteiger partial charge is 0.442 e. The number of rotatable bonds is 3. The Morgan fingerprint density at radius 1 is 1.43 bits per heavy atom. The maximum absolute atomic E-state index is 12.5. The van der Waals surface area contributed by atoms with Gasteiger partial charge in [-0.25, -0.2) is 9.78 Å². The highest BCUT2D eigenvalue weighted by Gasteiger charge is 2.52. The van der Waals surface area contributed by atoms with Crippen molar-refractivity contribution in [1.82, 2.24) is 14.8 Å². The molecule has 0 saturated carbocycles. The summed E-state index contributed by atoms with van der Waals surface area (Å²) in [6, 6.07) is 1.84. The molecule has 0 radical (unpaired) electrons. The number of nitriles is 1. The quantitative estimate of drug-likeness (QED) is 0.695. The third-order valence-corrected chi connectivity index (χ3v) is 6.94. The van der Waals surface area contributed by atoms with Crippen LogP contribution < -0.4 is 4.90 Å². The van der Waals surface area contributed by atoms with Crippen LogP contribution in [0.5, 0.6) is 0 Å². The van der Waals surface area contributed by atoms with Crippen molar-refractivity contribution in [3.63, 3.8) is 0 Å². The number of carbonyl (C=O) groups excluding carboxylic acids is 2. The first kappa shape index (κ1) is 19.0. The summed E-state index contributed by atoms with van der Waals surface area (Å²) in [5.41, 5.74) is 0.931. The van der Waals surface area contributed by atoms with E-state index in [1.165, 1.54) is 11.3 Å². The summed E-state index contributed by atoms with van der Waals surface area (Å²) in [4.78, 5) is 34.8. The van der Waals surface area contributed by atoms with Gasteiger partial charge in [0, 0.05) is 25.2 Å². The first-order valence-corrected chi connectivity index (χ1v) is 10.3. The molecule has 1 aromatic heterocycles. The van der Waals surface area contributed by atoms with Crippen molar-refractivity contribution >= 4 is 40.1 Å². The van der Waals surface area contributed by atoms with Crippen LogP contribution in [0.25, 0.3) is 0 Å². The molecule has 3 aliphatic rings. The summed E-state index contributed by atoms with van der Waals surface area (Å²) in [7, 11) is 0. The number of halogens is 1. The van der Waals surface area contributed by atoms with E-state index >= 15 is 0 Å². The van der Waals surface area contributed by atoms with Crippen LogP contribution in [-0.4, -0.2) is 71.2 Å². The van der Waals surface area contributed by atoms with Crippen molar-refractivity contribution in [3.05, 3.63) is 21.7 Å². The highest BCUT2D eigenvalue weighted by molar-refractivity contribution is 7.19. The van der Waals surface area contributed by atoms with Gasteiger partial charge < -0.3 is 14.5 Å². The third kappa shape index (κ3) is 3.10. The summed E-state index contributed by atoms with van der Waals surface area (Å²) in [6.07, 6.45) is 1.98. The fourth-order valence-electron chi connectivity index (χ4n) is 4.06. The molecule has 1 unspecified atom stereocenters. The van der Waals surface area contributed by atoms with E-state index in [0.29, 0.717) is 41.2 Å². The van der Waals surface area contributed by atoms with Gasteiger partial charge in [-0.3, -0.25) is 9.69 Å². The molecule has 0 aliphatic carbocycles. The Labute approximate surface area is 171 Å². The molecule has 1 aromatic rings. The summed E-state index contributed by atoms with van der Waals surface area (Å²) < 4.78 is 5.97. The van der Waals surface area contributed by atoms with Crippen molar-refractivity contribution in [1.29, 1.82) is 5.26 Å². The average Bonchev–Trinajstić information content (AvgIpc) is 3.43. The molecular weight excluding hydrogens is 402 g/mol. The van der Waals surface area contributed by atoms with E-state index < -0.39 is 0 Å². The van der Waals surface area contributed by atoms with Crippen LogP contribution in [0.3, 0.4) is 0 Å². The van der Waals surface area contributed by atoms with Crippen molar-refractivity contribution in [3.8, 4) is 6.07 Å². The fraction of sp³-hybridized carbons (Fsp3) is 0.556. The van der Waals surface area contributed by atoms with E-state index in [1.807, 2.05) is 17.9 Å². The van der Waals surface area contributed by atoms with Gasteiger partial charge in [-0.15, -0.1) is 0 Å². The standard InChI is InChI=1S/C18H20ClN5O3S/c1-3-10(2)16(25)22-5-4-11(7-22)24-13-8-23(9-14(13)27-18(24)26)17-21-12(6-20)15(19)28-17/h3,11,13-14H,4-5,7-9H2,1-2H3/b10-3+/t11?,13-,14+/m1/s1. The maximum Gasteiger partial charge on any atom is 0.410 e. The minimum absolute atomic E-state index is 0.0172. The zero-order chi connectivity index (χ0) is 20.0. The first-order valence-electron chi connectivity index (χ1n) is 9.15. The van der Waals surface area contributed by atoms with E-state index in [-0.39, 0.29) is 35.9 Å².